The molecule has 2 N–H and O–H groups in total. The molecule has 0 spiro atoms. The predicted molar refractivity (Wildman–Crippen MR) is 127 cm³/mol. The number of alkyl carbamates (subject to hydrolysis) is 1. The molecular formula is C26H36N2O3. The molecule has 2 rings (SSSR count). The molecule has 5 nitrogen and oxygen atoms in total. The van der Waals surface area contributed by atoms with Crippen LogP contribution in [0.25, 0.3) is 0 Å². The summed E-state index contributed by atoms with van der Waals surface area (Å²) >= 11 is 0. The van der Waals surface area contributed by atoms with Crippen LogP contribution in [0.5, 0.6) is 0 Å². The average Bonchev–Trinajstić information content (AvgIpc) is 2.66. The van der Waals surface area contributed by atoms with Gasteiger partial charge in [0.1, 0.15) is 11.6 Å². The molecule has 2 aromatic carbocycles. The molecule has 31 heavy (non-hydrogen) atoms. The Balaban J connectivity index is 2.34. The van der Waals surface area contributed by atoms with Gasteiger partial charge in [-0.05, 0) is 49.3 Å². The zero-order valence-corrected chi connectivity index (χ0v) is 19.8. The third-order valence-corrected chi connectivity index (χ3v) is 4.91. The topological polar surface area (TPSA) is 67.4 Å². The lowest BCUT2D eigenvalue weighted by Crippen LogP contribution is -2.47. The summed E-state index contributed by atoms with van der Waals surface area (Å²) in [5.41, 5.74) is 3.31. The van der Waals surface area contributed by atoms with Gasteiger partial charge in [0.25, 0.3) is 0 Å². The van der Waals surface area contributed by atoms with Gasteiger partial charge in [-0.2, -0.15) is 0 Å². The minimum Gasteiger partial charge on any atom is -0.444 e. The zero-order chi connectivity index (χ0) is 23.2. The lowest BCUT2D eigenvalue weighted by Gasteiger charge is -2.25. The first-order valence-electron chi connectivity index (χ1n) is 10.9. The summed E-state index contributed by atoms with van der Waals surface area (Å²) in [4.78, 5) is 25.8. The van der Waals surface area contributed by atoms with E-state index in [0.29, 0.717) is 6.42 Å². The van der Waals surface area contributed by atoms with Gasteiger partial charge in [0.05, 0.1) is 0 Å². The van der Waals surface area contributed by atoms with Crippen molar-refractivity contribution >= 4 is 17.7 Å². The summed E-state index contributed by atoms with van der Waals surface area (Å²) in [7, 11) is 0. The van der Waals surface area contributed by atoms with Crippen molar-refractivity contribution in [3.63, 3.8) is 0 Å². The lowest BCUT2D eigenvalue weighted by atomic mass is 9.92. The number of amides is 2. The van der Waals surface area contributed by atoms with E-state index in [4.69, 9.17) is 4.74 Å². The molecule has 2 aromatic rings. The summed E-state index contributed by atoms with van der Waals surface area (Å²) in [6.07, 6.45) is -0.239. The molecule has 0 heterocycles. The fourth-order valence-corrected chi connectivity index (χ4v) is 3.41. The summed E-state index contributed by atoms with van der Waals surface area (Å²) in [5.74, 6) is 0.241. The highest BCUT2D eigenvalue weighted by molar-refractivity contribution is 5.98. The van der Waals surface area contributed by atoms with Crippen molar-refractivity contribution in [2.45, 2.75) is 78.4 Å². The molecule has 168 valence electrons. The van der Waals surface area contributed by atoms with E-state index in [0.717, 1.165) is 22.4 Å². The number of para-hydroxylation sites is 1. The van der Waals surface area contributed by atoms with Gasteiger partial charge in [-0.1, -0.05) is 76.2 Å². The molecule has 0 aliphatic heterocycles. The summed E-state index contributed by atoms with van der Waals surface area (Å²) in [6, 6.07) is 15.0. The highest BCUT2D eigenvalue weighted by Crippen LogP contribution is 2.32. The first-order chi connectivity index (χ1) is 14.5. The molecule has 0 bridgehead atoms. The summed E-state index contributed by atoms with van der Waals surface area (Å²) in [5, 5.41) is 5.89. The number of rotatable bonds is 7. The Kier molecular flexibility index (Phi) is 8.26. The lowest BCUT2D eigenvalue weighted by molar-refractivity contribution is -0.118. The second-order valence-electron chi connectivity index (χ2n) is 9.50. The van der Waals surface area contributed by atoms with Crippen molar-refractivity contribution in [3.8, 4) is 0 Å². The first kappa shape index (κ1) is 24.4. The molecule has 2 amide bonds. The Hall–Kier alpha value is -2.82. The quantitative estimate of drug-likeness (QED) is 0.572. The Morgan fingerprint density at radius 2 is 1.42 bits per heavy atom. The SMILES string of the molecule is CC(C)c1cccc(C(C)C)c1NC(=O)[C@H](Cc1ccccc1)NC(=O)OC(C)(C)C. The fourth-order valence-electron chi connectivity index (χ4n) is 3.41. The maximum Gasteiger partial charge on any atom is 0.408 e. The predicted octanol–water partition coefficient (Wildman–Crippen LogP) is 6.01. The maximum absolute atomic E-state index is 13.4. The van der Waals surface area contributed by atoms with E-state index < -0.39 is 17.7 Å². The molecule has 0 radical (unpaired) electrons. The van der Waals surface area contributed by atoms with E-state index in [1.54, 1.807) is 20.8 Å². The number of benzene rings is 2. The highest BCUT2D eigenvalue weighted by Gasteiger charge is 2.26. The van der Waals surface area contributed by atoms with Gasteiger partial charge < -0.3 is 15.4 Å². The van der Waals surface area contributed by atoms with Crippen LogP contribution < -0.4 is 10.6 Å². The molecule has 0 unspecified atom stereocenters. The molecule has 0 fully saturated rings. The Labute approximate surface area is 186 Å². The number of carbonyl (C=O) groups is 2. The molecule has 0 aliphatic rings. The number of anilines is 1. The van der Waals surface area contributed by atoms with Crippen LogP contribution in [0.4, 0.5) is 10.5 Å². The molecular weight excluding hydrogens is 388 g/mol. The van der Waals surface area contributed by atoms with Crippen LogP contribution in [-0.4, -0.2) is 23.6 Å². The van der Waals surface area contributed by atoms with E-state index in [1.807, 2.05) is 48.5 Å². The second kappa shape index (κ2) is 10.5. The van der Waals surface area contributed by atoms with E-state index in [-0.39, 0.29) is 17.7 Å². The Bertz CT molecular complexity index is 857. The zero-order valence-electron chi connectivity index (χ0n) is 19.8. The third-order valence-electron chi connectivity index (χ3n) is 4.91. The van der Waals surface area contributed by atoms with Crippen LogP contribution in [0.2, 0.25) is 0 Å². The Morgan fingerprint density at radius 1 is 0.871 bits per heavy atom. The smallest absolute Gasteiger partial charge is 0.408 e. The number of nitrogens with one attached hydrogen (secondary N) is 2. The molecule has 1 atom stereocenters. The van der Waals surface area contributed by atoms with Gasteiger partial charge in [0.2, 0.25) is 5.91 Å². The molecule has 0 saturated heterocycles. The highest BCUT2D eigenvalue weighted by atomic mass is 16.6. The number of hydrogen-bond donors (Lipinski definition) is 2. The molecule has 0 aromatic heterocycles. The van der Waals surface area contributed by atoms with E-state index in [2.05, 4.69) is 38.3 Å². The van der Waals surface area contributed by atoms with E-state index >= 15 is 0 Å². The van der Waals surface area contributed by atoms with Gasteiger partial charge in [0, 0.05) is 12.1 Å². The monoisotopic (exact) mass is 424 g/mol. The van der Waals surface area contributed by atoms with Crippen LogP contribution in [-0.2, 0) is 16.0 Å². The second-order valence-corrected chi connectivity index (χ2v) is 9.50. The standard InChI is InChI=1S/C26H36N2O3/c1-17(2)20-14-11-15-21(18(3)4)23(20)28-24(29)22(16-19-12-9-8-10-13-19)27-25(30)31-26(5,6)7/h8-15,17-18,22H,16H2,1-7H3,(H,27,30)(H,28,29)/t22-/m0/s1. The van der Waals surface area contributed by atoms with Crippen molar-refractivity contribution in [1.29, 1.82) is 0 Å². The van der Waals surface area contributed by atoms with Gasteiger partial charge in [-0.15, -0.1) is 0 Å². The number of hydrogen-bond acceptors (Lipinski definition) is 3. The third kappa shape index (κ3) is 7.42. The summed E-state index contributed by atoms with van der Waals surface area (Å²) < 4.78 is 5.40. The number of carbonyl (C=O) groups excluding carboxylic acids is 2. The Morgan fingerprint density at radius 3 is 1.90 bits per heavy atom. The number of ether oxygens (including phenoxy) is 1. The first-order valence-corrected chi connectivity index (χ1v) is 10.9. The van der Waals surface area contributed by atoms with Crippen LogP contribution >= 0.6 is 0 Å². The van der Waals surface area contributed by atoms with Gasteiger partial charge in [-0.3, -0.25) is 4.79 Å². The van der Waals surface area contributed by atoms with Crippen molar-refractivity contribution < 1.29 is 14.3 Å². The van der Waals surface area contributed by atoms with Crippen molar-refractivity contribution in [2.24, 2.45) is 0 Å². The van der Waals surface area contributed by atoms with Gasteiger partial charge in [0.15, 0.2) is 0 Å². The maximum atomic E-state index is 13.4. The normalized spacial score (nSPS) is 12.5. The average molecular weight is 425 g/mol. The van der Waals surface area contributed by atoms with E-state index in [1.165, 1.54) is 0 Å². The van der Waals surface area contributed by atoms with Crippen molar-refractivity contribution in [2.75, 3.05) is 5.32 Å². The molecule has 5 heteroatoms. The summed E-state index contributed by atoms with van der Waals surface area (Å²) in [6.45, 7) is 13.8. The minimum absolute atomic E-state index is 0.250. The van der Waals surface area contributed by atoms with Crippen LogP contribution in [0.3, 0.4) is 0 Å². The van der Waals surface area contributed by atoms with Crippen molar-refractivity contribution in [1.82, 2.24) is 5.32 Å². The van der Waals surface area contributed by atoms with Gasteiger partial charge in [-0.25, -0.2) is 4.79 Å². The fraction of sp³-hybridized carbons (Fsp3) is 0.462. The van der Waals surface area contributed by atoms with Crippen molar-refractivity contribution in [3.05, 3.63) is 65.2 Å². The minimum atomic E-state index is -0.766. The van der Waals surface area contributed by atoms with Gasteiger partial charge >= 0.3 is 6.09 Å². The van der Waals surface area contributed by atoms with Crippen LogP contribution in [0.1, 0.15) is 77.0 Å². The van der Waals surface area contributed by atoms with Crippen LogP contribution in [0.15, 0.2) is 48.5 Å². The largest absolute Gasteiger partial charge is 0.444 e. The molecule has 0 aliphatic carbocycles. The van der Waals surface area contributed by atoms with Crippen LogP contribution in [0, 0.1) is 0 Å². The molecule has 0 saturated carbocycles. The van der Waals surface area contributed by atoms with E-state index in [9.17, 15) is 9.59 Å².